The van der Waals surface area contributed by atoms with E-state index < -0.39 is 5.97 Å². The Morgan fingerprint density at radius 2 is 2.14 bits per heavy atom. The molecule has 74 valence electrons. The maximum atomic E-state index is 10.3. The third-order valence-corrected chi connectivity index (χ3v) is 2.66. The zero-order valence-corrected chi connectivity index (χ0v) is 10.4. The van der Waals surface area contributed by atoms with Crippen LogP contribution in [0.15, 0.2) is 28.7 Å². The maximum absolute atomic E-state index is 10.3. The predicted octanol–water partition coefficient (Wildman–Crippen LogP) is 3.44. The first-order chi connectivity index (χ1) is 6.61. The molecule has 1 aromatic carbocycles. The van der Waals surface area contributed by atoms with Gasteiger partial charge in [-0.3, -0.25) is 0 Å². The van der Waals surface area contributed by atoms with Gasteiger partial charge in [-0.1, -0.05) is 37.9 Å². The summed E-state index contributed by atoms with van der Waals surface area (Å²) in [7, 11) is 0. The normalized spacial score (nSPS) is 10.7. The number of carboxylic acids is 1. The molecule has 0 aliphatic heterocycles. The van der Waals surface area contributed by atoms with E-state index in [0.29, 0.717) is 0 Å². The number of rotatable bonds is 3. The van der Waals surface area contributed by atoms with Gasteiger partial charge in [-0.2, -0.15) is 0 Å². The van der Waals surface area contributed by atoms with Gasteiger partial charge in [-0.15, -0.1) is 0 Å². The lowest BCUT2D eigenvalue weighted by atomic mass is 10.1. The smallest absolute Gasteiger partial charge is 0.328 e. The minimum absolute atomic E-state index is 0.750. The van der Waals surface area contributed by atoms with Crippen LogP contribution in [0.1, 0.15) is 11.1 Å². The Morgan fingerprint density at radius 1 is 1.43 bits per heavy atom. The second kappa shape index (κ2) is 5.32. The SMILES string of the molecule is O=C(O)/C=C/c1cc(Br)cc(CBr)c1. The first-order valence-corrected chi connectivity index (χ1v) is 5.79. The Kier molecular flexibility index (Phi) is 4.35. The van der Waals surface area contributed by atoms with Gasteiger partial charge in [-0.25, -0.2) is 4.79 Å². The average molecular weight is 320 g/mol. The van der Waals surface area contributed by atoms with E-state index in [9.17, 15) is 4.79 Å². The number of carbonyl (C=O) groups is 1. The molecule has 0 heterocycles. The molecule has 0 saturated carbocycles. The van der Waals surface area contributed by atoms with Crippen LogP contribution >= 0.6 is 31.9 Å². The van der Waals surface area contributed by atoms with Crippen LogP contribution in [0.25, 0.3) is 6.08 Å². The van der Waals surface area contributed by atoms with E-state index in [1.165, 1.54) is 0 Å². The zero-order valence-electron chi connectivity index (χ0n) is 7.21. The number of hydrogen-bond acceptors (Lipinski definition) is 1. The molecule has 0 bridgehead atoms. The van der Waals surface area contributed by atoms with Gasteiger partial charge < -0.3 is 5.11 Å². The summed E-state index contributed by atoms with van der Waals surface area (Å²) in [5.41, 5.74) is 1.97. The van der Waals surface area contributed by atoms with Crippen LogP contribution in [-0.4, -0.2) is 11.1 Å². The monoisotopic (exact) mass is 318 g/mol. The molecule has 0 aliphatic rings. The lowest BCUT2D eigenvalue weighted by molar-refractivity contribution is -0.131. The first kappa shape index (κ1) is 11.5. The molecule has 2 nitrogen and oxygen atoms in total. The van der Waals surface area contributed by atoms with Gasteiger partial charge in [0.25, 0.3) is 0 Å². The van der Waals surface area contributed by atoms with Crippen molar-refractivity contribution in [1.29, 1.82) is 0 Å². The summed E-state index contributed by atoms with van der Waals surface area (Å²) in [6.45, 7) is 0. The summed E-state index contributed by atoms with van der Waals surface area (Å²) >= 11 is 6.70. The standard InChI is InChI=1S/C10H8Br2O2/c11-6-8-3-7(1-2-10(13)14)4-9(12)5-8/h1-5H,6H2,(H,13,14)/b2-1+. The van der Waals surface area contributed by atoms with Crippen molar-refractivity contribution < 1.29 is 9.90 Å². The van der Waals surface area contributed by atoms with Crippen LogP contribution in [-0.2, 0) is 10.1 Å². The summed E-state index contributed by atoms with van der Waals surface area (Å²) in [6, 6.07) is 5.78. The molecule has 0 fully saturated rings. The Balaban J connectivity index is 2.97. The topological polar surface area (TPSA) is 37.3 Å². The first-order valence-electron chi connectivity index (χ1n) is 3.88. The van der Waals surface area contributed by atoms with Crippen molar-refractivity contribution in [2.45, 2.75) is 5.33 Å². The minimum atomic E-state index is -0.939. The van der Waals surface area contributed by atoms with E-state index >= 15 is 0 Å². The molecule has 0 aliphatic carbocycles. The summed E-state index contributed by atoms with van der Waals surface area (Å²) in [5, 5.41) is 9.21. The summed E-state index contributed by atoms with van der Waals surface area (Å²) in [4.78, 5) is 10.3. The Labute approximate surface area is 98.9 Å². The third-order valence-electron chi connectivity index (χ3n) is 1.55. The Hall–Kier alpha value is -0.610. The van der Waals surface area contributed by atoms with Crippen molar-refractivity contribution in [2.75, 3.05) is 0 Å². The van der Waals surface area contributed by atoms with Crippen molar-refractivity contribution in [3.05, 3.63) is 39.9 Å². The summed E-state index contributed by atoms with van der Waals surface area (Å²) in [6.07, 6.45) is 2.69. The van der Waals surface area contributed by atoms with Crippen LogP contribution in [0.2, 0.25) is 0 Å². The van der Waals surface area contributed by atoms with E-state index in [1.54, 1.807) is 6.08 Å². The largest absolute Gasteiger partial charge is 0.478 e. The molecule has 0 atom stereocenters. The van der Waals surface area contributed by atoms with Crippen molar-refractivity contribution in [2.24, 2.45) is 0 Å². The van der Waals surface area contributed by atoms with Gasteiger partial charge in [0.15, 0.2) is 0 Å². The van der Waals surface area contributed by atoms with Gasteiger partial charge in [0.05, 0.1) is 0 Å². The van der Waals surface area contributed by atoms with Crippen molar-refractivity contribution in [1.82, 2.24) is 0 Å². The molecule has 0 radical (unpaired) electrons. The highest BCUT2D eigenvalue weighted by Gasteiger charge is 1.96. The second-order valence-corrected chi connectivity index (χ2v) is 4.17. The van der Waals surface area contributed by atoms with E-state index in [2.05, 4.69) is 31.9 Å². The number of alkyl halides is 1. The number of halogens is 2. The lowest BCUT2D eigenvalue weighted by Crippen LogP contribution is -1.86. The molecular formula is C10H8Br2O2. The van der Waals surface area contributed by atoms with Crippen LogP contribution in [0.3, 0.4) is 0 Å². The molecule has 0 spiro atoms. The fourth-order valence-electron chi connectivity index (χ4n) is 1.02. The van der Waals surface area contributed by atoms with Crippen LogP contribution in [0.4, 0.5) is 0 Å². The fraction of sp³-hybridized carbons (Fsp3) is 0.100. The molecule has 0 saturated heterocycles. The number of aliphatic carboxylic acids is 1. The molecular weight excluding hydrogens is 312 g/mol. The molecule has 0 unspecified atom stereocenters. The minimum Gasteiger partial charge on any atom is -0.478 e. The van der Waals surface area contributed by atoms with E-state index in [0.717, 1.165) is 27.0 Å². The van der Waals surface area contributed by atoms with Gasteiger partial charge in [0.2, 0.25) is 0 Å². The number of benzene rings is 1. The van der Waals surface area contributed by atoms with Crippen LogP contribution in [0.5, 0.6) is 0 Å². The third kappa shape index (κ3) is 3.64. The van der Waals surface area contributed by atoms with Gasteiger partial charge >= 0.3 is 5.97 Å². The van der Waals surface area contributed by atoms with Gasteiger partial charge in [0.1, 0.15) is 0 Å². The number of carboxylic acid groups (broad SMARTS) is 1. The Morgan fingerprint density at radius 3 is 2.71 bits per heavy atom. The van der Waals surface area contributed by atoms with E-state index in [-0.39, 0.29) is 0 Å². The molecule has 4 heteroatoms. The van der Waals surface area contributed by atoms with Gasteiger partial charge in [-0.05, 0) is 29.3 Å². The second-order valence-electron chi connectivity index (χ2n) is 2.70. The summed E-state index contributed by atoms with van der Waals surface area (Å²) < 4.78 is 0.944. The van der Waals surface area contributed by atoms with Crippen molar-refractivity contribution in [3.63, 3.8) is 0 Å². The van der Waals surface area contributed by atoms with Crippen LogP contribution < -0.4 is 0 Å². The molecule has 1 rings (SSSR count). The van der Waals surface area contributed by atoms with Crippen molar-refractivity contribution in [3.8, 4) is 0 Å². The fourth-order valence-corrected chi connectivity index (χ4v) is 1.90. The van der Waals surface area contributed by atoms with E-state index in [1.807, 2.05) is 18.2 Å². The van der Waals surface area contributed by atoms with Gasteiger partial charge in [0, 0.05) is 15.9 Å². The Bertz CT molecular complexity index is 372. The number of hydrogen-bond donors (Lipinski definition) is 1. The van der Waals surface area contributed by atoms with Crippen molar-refractivity contribution >= 4 is 43.9 Å². The highest BCUT2D eigenvalue weighted by Crippen LogP contribution is 2.18. The lowest BCUT2D eigenvalue weighted by Gasteiger charge is -1.99. The zero-order chi connectivity index (χ0) is 10.6. The van der Waals surface area contributed by atoms with E-state index in [4.69, 9.17) is 5.11 Å². The predicted molar refractivity (Wildman–Crippen MR) is 63.4 cm³/mol. The maximum Gasteiger partial charge on any atom is 0.328 e. The molecule has 1 N–H and O–H groups in total. The highest BCUT2D eigenvalue weighted by molar-refractivity contribution is 9.10. The molecule has 1 aromatic rings. The van der Waals surface area contributed by atoms with Crippen LogP contribution in [0, 0.1) is 0 Å². The quantitative estimate of drug-likeness (QED) is 0.684. The average Bonchev–Trinajstić information content (AvgIpc) is 2.14. The molecule has 0 aromatic heterocycles. The molecule has 14 heavy (non-hydrogen) atoms. The highest BCUT2D eigenvalue weighted by atomic mass is 79.9. The summed E-state index contributed by atoms with van der Waals surface area (Å²) in [5.74, 6) is -0.939. The molecule has 0 amide bonds.